The van der Waals surface area contributed by atoms with E-state index in [9.17, 15) is 4.79 Å². The van der Waals surface area contributed by atoms with Crippen LogP contribution in [0, 0.1) is 6.92 Å². The summed E-state index contributed by atoms with van der Waals surface area (Å²) in [6.45, 7) is 1.97. The summed E-state index contributed by atoms with van der Waals surface area (Å²) in [5.74, 6) is -0.461. The smallest absolute Gasteiger partial charge is 0.269 e. The number of aromatic nitrogens is 1. The van der Waals surface area contributed by atoms with Gasteiger partial charge in [-0.05, 0) is 30.6 Å². The molecule has 0 atom stereocenters. The number of amides is 1. The van der Waals surface area contributed by atoms with Gasteiger partial charge in [0.2, 0.25) is 0 Å². The second-order valence-electron chi connectivity index (χ2n) is 2.90. The highest BCUT2D eigenvalue weighted by Gasteiger charge is 2.10. The highest BCUT2D eigenvalue weighted by atomic mass is 32.1. The van der Waals surface area contributed by atoms with Crippen LogP contribution >= 0.6 is 11.5 Å². The molecular weight excluding hydrogens is 184 g/mol. The number of hydrogen-bond donors (Lipinski definition) is 1. The van der Waals surface area contributed by atoms with Crippen molar-refractivity contribution in [3.63, 3.8) is 0 Å². The van der Waals surface area contributed by atoms with Crippen molar-refractivity contribution >= 4 is 27.5 Å². The van der Waals surface area contributed by atoms with Gasteiger partial charge >= 0.3 is 0 Å². The lowest BCUT2D eigenvalue weighted by molar-refractivity contribution is 0.0998. The van der Waals surface area contributed by atoms with E-state index < -0.39 is 5.91 Å². The number of primary amides is 1. The second-order valence-corrected chi connectivity index (χ2v) is 3.70. The van der Waals surface area contributed by atoms with Gasteiger partial charge in [0.15, 0.2) is 0 Å². The van der Waals surface area contributed by atoms with Crippen molar-refractivity contribution in [2.24, 2.45) is 5.73 Å². The summed E-state index contributed by atoms with van der Waals surface area (Å²) in [6.07, 6.45) is 0. The number of benzene rings is 1. The normalized spacial score (nSPS) is 10.5. The number of aryl methyl sites for hydroxylation is 1. The number of nitrogens with zero attached hydrogens (tertiary/aromatic N) is 1. The minimum Gasteiger partial charge on any atom is -0.364 e. The lowest BCUT2D eigenvalue weighted by atomic mass is 10.1. The summed E-state index contributed by atoms with van der Waals surface area (Å²) in [6, 6.07) is 5.87. The monoisotopic (exact) mass is 192 g/mol. The van der Waals surface area contributed by atoms with Gasteiger partial charge in [0.25, 0.3) is 5.91 Å². The predicted molar refractivity (Wildman–Crippen MR) is 52.9 cm³/mol. The Morgan fingerprint density at radius 3 is 3.00 bits per heavy atom. The lowest BCUT2D eigenvalue weighted by Crippen LogP contribution is -2.11. The average molecular weight is 192 g/mol. The fourth-order valence-corrected chi connectivity index (χ4v) is 1.99. The second kappa shape index (κ2) is 2.81. The number of hydrogen-bond acceptors (Lipinski definition) is 3. The molecular formula is C9H8N2OS. The highest BCUT2D eigenvalue weighted by Crippen LogP contribution is 2.23. The summed E-state index contributed by atoms with van der Waals surface area (Å²) in [5, 5.41) is 0.859. The molecule has 1 aromatic heterocycles. The summed E-state index contributed by atoms with van der Waals surface area (Å²) in [4.78, 5) is 11.0. The zero-order chi connectivity index (χ0) is 9.42. The molecule has 0 saturated carbocycles. The number of nitrogens with two attached hydrogens (primary N) is 1. The molecule has 0 aliphatic heterocycles. The molecule has 2 N–H and O–H groups in total. The van der Waals surface area contributed by atoms with Crippen LogP contribution in [0.4, 0.5) is 0 Å². The van der Waals surface area contributed by atoms with Crippen molar-refractivity contribution in [2.45, 2.75) is 6.92 Å². The number of carbonyl (C=O) groups excluding carboxylic acids is 1. The van der Waals surface area contributed by atoms with E-state index in [2.05, 4.69) is 4.37 Å². The quantitative estimate of drug-likeness (QED) is 0.747. The van der Waals surface area contributed by atoms with Crippen molar-refractivity contribution in [1.82, 2.24) is 4.37 Å². The minimum atomic E-state index is -0.461. The van der Waals surface area contributed by atoms with E-state index in [1.54, 1.807) is 0 Å². The van der Waals surface area contributed by atoms with Crippen molar-refractivity contribution in [3.05, 3.63) is 29.5 Å². The molecule has 0 fully saturated rings. The third-order valence-electron chi connectivity index (χ3n) is 1.86. The van der Waals surface area contributed by atoms with Gasteiger partial charge in [0.05, 0.1) is 4.70 Å². The first-order valence-electron chi connectivity index (χ1n) is 3.84. The Balaban J connectivity index is 2.79. The minimum absolute atomic E-state index is 0.378. The zero-order valence-electron chi connectivity index (χ0n) is 7.07. The van der Waals surface area contributed by atoms with E-state index >= 15 is 0 Å². The topological polar surface area (TPSA) is 56.0 Å². The Hall–Kier alpha value is -1.42. The molecule has 4 heteroatoms. The summed E-state index contributed by atoms with van der Waals surface area (Å²) < 4.78 is 5.00. The third-order valence-corrected chi connectivity index (χ3v) is 2.69. The standard InChI is InChI=1S/C9H8N2OS/c1-5-2-3-7-6(4-5)8(9(10)12)11-13-7/h2-4H,1H3,(H2,10,12). The van der Waals surface area contributed by atoms with E-state index in [0.717, 1.165) is 15.6 Å². The van der Waals surface area contributed by atoms with Gasteiger partial charge in [-0.25, -0.2) is 0 Å². The van der Waals surface area contributed by atoms with Gasteiger partial charge in [-0.15, -0.1) is 0 Å². The number of rotatable bonds is 1. The molecule has 0 aliphatic carbocycles. The van der Waals surface area contributed by atoms with E-state index in [1.165, 1.54) is 11.5 Å². The van der Waals surface area contributed by atoms with Crippen molar-refractivity contribution in [2.75, 3.05) is 0 Å². The summed E-state index contributed by atoms with van der Waals surface area (Å²) >= 11 is 1.30. The van der Waals surface area contributed by atoms with Crippen LogP contribution in [0.3, 0.4) is 0 Å². The van der Waals surface area contributed by atoms with Crippen molar-refractivity contribution in [3.8, 4) is 0 Å². The maximum atomic E-state index is 11.0. The Morgan fingerprint density at radius 1 is 1.54 bits per heavy atom. The molecule has 66 valence electrons. The van der Waals surface area contributed by atoms with Crippen LogP contribution < -0.4 is 5.73 Å². The number of carbonyl (C=O) groups is 1. The SMILES string of the molecule is Cc1ccc2snc(C(N)=O)c2c1. The molecule has 1 amide bonds. The maximum absolute atomic E-state index is 11.0. The molecule has 0 radical (unpaired) electrons. The van der Waals surface area contributed by atoms with Gasteiger partial charge in [-0.1, -0.05) is 11.6 Å². The molecule has 0 aliphatic rings. The molecule has 0 saturated heterocycles. The first kappa shape index (κ1) is 8.19. The first-order valence-corrected chi connectivity index (χ1v) is 4.61. The molecule has 0 spiro atoms. The molecule has 1 aromatic carbocycles. The van der Waals surface area contributed by atoms with Crippen LogP contribution in [-0.2, 0) is 0 Å². The van der Waals surface area contributed by atoms with Crippen molar-refractivity contribution in [1.29, 1.82) is 0 Å². The van der Waals surface area contributed by atoms with Crippen LogP contribution in [0.15, 0.2) is 18.2 Å². The van der Waals surface area contributed by atoms with Crippen LogP contribution in [0.25, 0.3) is 10.1 Å². The molecule has 0 unspecified atom stereocenters. The fourth-order valence-electron chi connectivity index (χ4n) is 1.23. The Kier molecular flexibility index (Phi) is 1.77. The molecule has 2 aromatic rings. The van der Waals surface area contributed by atoms with Crippen LogP contribution in [0.1, 0.15) is 16.1 Å². The van der Waals surface area contributed by atoms with E-state index in [1.807, 2.05) is 25.1 Å². The van der Waals surface area contributed by atoms with Crippen molar-refractivity contribution < 1.29 is 4.79 Å². The molecule has 1 heterocycles. The summed E-state index contributed by atoms with van der Waals surface area (Å²) in [7, 11) is 0. The fraction of sp³-hybridized carbons (Fsp3) is 0.111. The Bertz CT molecular complexity index is 475. The molecule has 0 bridgehead atoms. The lowest BCUT2D eigenvalue weighted by Gasteiger charge is -1.93. The Labute approximate surface area is 79.3 Å². The van der Waals surface area contributed by atoms with E-state index in [0.29, 0.717) is 5.69 Å². The van der Waals surface area contributed by atoms with Gasteiger partial charge in [-0.3, -0.25) is 4.79 Å². The zero-order valence-corrected chi connectivity index (χ0v) is 7.89. The maximum Gasteiger partial charge on any atom is 0.269 e. The van der Waals surface area contributed by atoms with Crippen LogP contribution in [0.2, 0.25) is 0 Å². The molecule has 13 heavy (non-hydrogen) atoms. The average Bonchev–Trinajstić information content (AvgIpc) is 2.46. The van der Waals surface area contributed by atoms with E-state index in [-0.39, 0.29) is 0 Å². The van der Waals surface area contributed by atoms with E-state index in [4.69, 9.17) is 5.73 Å². The third kappa shape index (κ3) is 1.29. The number of fused-ring (bicyclic) bond motifs is 1. The van der Waals surface area contributed by atoms with Crippen LogP contribution in [0.5, 0.6) is 0 Å². The Morgan fingerprint density at radius 2 is 2.31 bits per heavy atom. The molecule has 3 nitrogen and oxygen atoms in total. The van der Waals surface area contributed by atoms with Gasteiger partial charge < -0.3 is 5.73 Å². The van der Waals surface area contributed by atoms with Gasteiger partial charge in [0.1, 0.15) is 5.69 Å². The summed E-state index contributed by atoms with van der Waals surface area (Å²) in [5.41, 5.74) is 6.66. The largest absolute Gasteiger partial charge is 0.364 e. The predicted octanol–water partition coefficient (Wildman–Crippen LogP) is 1.70. The van der Waals surface area contributed by atoms with Gasteiger partial charge in [0, 0.05) is 5.39 Å². The molecule has 2 rings (SSSR count). The van der Waals surface area contributed by atoms with Gasteiger partial charge in [-0.2, -0.15) is 4.37 Å². The van der Waals surface area contributed by atoms with Crippen LogP contribution in [-0.4, -0.2) is 10.3 Å². The highest BCUT2D eigenvalue weighted by molar-refractivity contribution is 7.13. The first-order chi connectivity index (χ1) is 6.18.